The largest absolute Gasteiger partial charge is 0.493 e. The van der Waals surface area contributed by atoms with E-state index in [0.29, 0.717) is 6.04 Å². The zero-order valence-corrected chi connectivity index (χ0v) is 13.5. The minimum atomic E-state index is 0.479. The average molecular weight is 292 g/mol. The highest BCUT2D eigenvalue weighted by Gasteiger charge is 2.12. The summed E-state index contributed by atoms with van der Waals surface area (Å²) in [6.07, 6.45) is 2.64. The van der Waals surface area contributed by atoms with E-state index in [1.165, 1.54) is 31.5 Å². The van der Waals surface area contributed by atoms with Gasteiger partial charge in [0, 0.05) is 19.1 Å². The first kappa shape index (κ1) is 16.1. The van der Waals surface area contributed by atoms with Gasteiger partial charge in [0.25, 0.3) is 0 Å². The van der Waals surface area contributed by atoms with Crippen molar-refractivity contribution in [2.24, 2.45) is 0 Å². The summed E-state index contributed by atoms with van der Waals surface area (Å²) in [5.74, 6) is 1.66. The van der Waals surface area contributed by atoms with Crippen molar-refractivity contribution in [1.82, 2.24) is 10.2 Å². The molecule has 1 N–H and O–H groups in total. The number of nitrogens with zero attached hydrogens (tertiary/aromatic N) is 1. The Balaban J connectivity index is 1.86. The van der Waals surface area contributed by atoms with E-state index in [-0.39, 0.29) is 0 Å². The van der Waals surface area contributed by atoms with Gasteiger partial charge in [0.1, 0.15) is 6.61 Å². The molecule has 1 saturated heterocycles. The Morgan fingerprint density at radius 2 is 1.95 bits per heavy atom. The standard InChI is InChI=1S/C17H28N2O2/c1-14(2)18-13-15-6-7-16(17(12-15)20-3)21-11-10-19-8-4-5-9-19/h6-7,12,14,18H,4-5,8-11,13H2,1-3H3. The minimum absolute atomic E-state index is 0.479. The third-order valence-corrected chi connectivity index (χ3v) is 3.81. The first-order chi connectivity index (χ1) is 10.2. The molecule has 118 valence electrons. The van der Waals surface area contributed by atoms with E-state index in [1.54, 1.807) is 7.11 Å². The van der Waals surface area contributed by atoms with Crippen LogP contribution < -0.4 is 14.8 Å². The fraction of sp³-hybridized carbons (Fsp3) is 0.647. The molecule has 0 radical (unpaired) electrons. The van der Waals surface area contributed by atoms with Crippen LogP contribution in [-0.4, -0.2) is 44.3 Å². The molecule has 4 heteroatoms. The highest BCUT2D eigenvalue weighted by atomic mass is 16.5. The number of methoxy groups -OCH3 is 1. The summed E-state index contributed by atoms with van der Waals surface area (Å²) in [4.78, 5) is 2.45. The molecule has 0 unspecified atom stereocenters. The van der Waals surface area contributed by atoms with Crippen LogP contribution in [0.1, 0.15) is 32.3 Å². The molecular formula is C17H28N2O2. The summed E-state index contributed by atoms with van der Waals surface area (Å²) in [5, 5.41) is 3.41. The molecule has 0 aromatic heterocycles. The van der Waals surface area contributed by atoms with Gasteiger partial charge in [-0.1, -0.05) is 19.9 Å². The first-order valence-electron chi connectivity index (χ1n) is 7.94. The van der Waals surface area contributed by atoms with Crippen molar-refractivity contribution in [3.63, 3.8) is 0 Å². The predicted molar refractivity (Wildman–Crippen MR) is 86.1 cm³/mol. The van der Waals surface area contributed by atoms with Crippen LogP contribution in [0.15, 0.2) is 18.2 Å². The Labute approximate surface area is 128 Å². The Hall–Kier alpha value is -1.26. The number of likely N-dealkylation sites (tertiary alicyclic amines) is 1. The van der Waals surface area contributed by atoms with Crippen molar-refractivity contribution in [2.75, 3.05) is 33.4 Å². The van der Waals surface area contributed by atoms with Gasteiger partial charge in [-0.05, 0) is 43.6 Å². The zero-order valence-electron chi connectivity index (χ0n) is 13.5. The van der Waals surface area contributed by atoms with E-state index in [9.17, 15) is 0 Å². The lowest BCUT2D eigenvalue weighted by molar-refractivity contribution is 0.230. The van der Waals surface area contributed by atoms with Gasteiger partial charge < -0.3 is 14.8 Å². The number of hydrogen-bond donors (Lipinski definition) is 1. The zero-order chi connectivity index (χ0) is 15.1. The van der Waals surface area contributed by atoms with Gasteiger partial charge in [-0.3, -0.25) is 4.90 Å². The van der Waals surface area contributed by atoms with Gasteiger partial charge in [0.2, 0.25) is 0 Å². The molecule has 0 bridgehead atoms. The number of rotatable bonds is 8. The topological polar surface area (TPSA) is 33.7 Å². The van der Waals surface area contributed by atoms with Gasteiger partial charge in [-0.25, -0.2) is 0 Å². The van der Waals surface area contributed by atoms with E-state index >= 15 is 0 Å². The van der Waals surface area contributed by atoms with Crippen molar-refractivity contribution in [1.29, 1.82) is 0 Å². The van der Waals surface area contributed by atoms with Crippen molar-refractivity contribution in [3.8, 4) is 11.5 Å². The molecule has 1 aromatic carbocycles. The number of benzene rings is 1. The van der Waals surface area contributed by atoms with Crippen molar-refractivity contribution in [3.05, 3.63) is 23.8 Å². The van der Waals surface area contributed by atoms with Crippen LogP contribution in [0.25, 0.3) is 0 Å². The molecule has 0 saturated carbocycles. The highest BCUT2D eigenvalue weighted by molar-refractivity contribution is 5.42. The van der Waals surface area contributed by atoms with Gasteiger partial charge in [0.05, 0.1) is 7.11 Å². The maximum atomic E-state index is 5.88. The van der Waals surface area contributed by atoms with Gasteiger partial charge >= 0.3 is 0 Å². The fourth-order valence-corrected chi connectivity index (χ4v) is 2.55. The second kappa shape index (κ2) is 8.25. The molecule has 4 nitrogen and oxygen atoms in total. The molecule has 0 amide bonds. The Morgan fingerprint density at radius 1 is 1.19 bits per heavy atom. The van der Waals surface area contributed by atoms with E-state index < -0.39 is 0 Å². The lowest BCUT2D eigenvalue weighted by Crippen LogP contribution is -2.25. The third-order valence-electron chi connectivity index (χ3n) is 3.81. The lowest BCUT2D eigenvalue weighted by atomic mass is 10.2. The number of hydrogen-bond acceptors (Lipinski definition) is 4. The predicted octanol–water partition coefficient (Wildman–Crippen LogP) is 2.67. The maximum absolute atomic E-state index is 5.88. The van der Waals surface area contributed by atoms with Gasteiger partial charge in [-0.15, -0.1) is 0 Å². The summed E-state index contributed by atoms with van der Waals surface area (Å²) in [7, 11) is 1.70. The molecule has 1 aromatic rings. The highest BCUT2D eigenvalue weighted by Crippen LogP contribution is 2.28. The molecule has 0 spiro atoms. The third kappa shape index (κ3) is 5.21. The van der Waals surface area contributed by atoms with Crippen LogP contribution in [0, 0.1) is 0 Å². The molecule has 1 fully saturated rings. The molecule has 1 heterocycles. The maximum Gasteiger partial charge on any atom is 0.161 e. The molecule has 21 heavy (non-hydrogen) atoms. The summed E-state index contributed by atoms with van der Waals surface area (Å²) in [6.45, 7) is 9.28. The van der Waals surface area contributed by atoms with Gasteiger partial charge in [0.15, 0.2) is 11.5 Å². The molecule has 2 rings (SSSR count). The molecule has 1 aliphatic heterocycles. The normalized spacial score (nSPS) is 15.6. The van der Waals surface area contributed by atoms with Crippen LogP contribution in [0.2, 0.25) is 0 Å². The summed E-state index contributed by atoms with van der Waals surface area (Å²) in [6, 6.07) is 6.65. The summed E-state index contributed by atoms with van der Waals surface area (Å²) >= 11 is 0. The molecule has 0 atom stereocenters. The molecular weight excluding hydrogens is 264 g/mol. The van der Waals surface area contributed by atoms with Crippen LogP contribution in [0.4, 0.5) is 0 Å². The van der Waals surface area contributed by atoms with Crippen LogP contribution in [-0.2, 0) is 6.54 Å². The monoisotopic (exact) mass is 292 g/mol. The summed E-state index contributed by atoms with van der Waals surface area (Å²) < 4.78 is 11.3. The second-order valence-electron chi connectivity index (χ2n) is 5.92. The van der Waals surface area contributed by atoms with Crippen LogP contribution in [0.3, 0.4) is 0 Å². The molecule has 0 aliphatic carbocycles. The Bertz CT molecular complexity index is 429. The first-order valence-corrected chi connectivity index (χ1v) is 7.94. The van der Waals surface area contributed by atoms with Gasteiger partial charge in [-0.2, -0.15) is 0 Å². The smallest absolute Gasteiger partial charge is 0.161 e. The number of ether oxygens (including phenoxy) is 2. The van der Waals surface area contributed by atoms with Crippen molar-refractivity contribution in [2.45, 2.75) is 39.3 Å². The van der Waals surface area contributed by atoms with Crippen LogP contribution in [0.5, 0.6) is 11.5 Å². The SMILES string of the molecule is COc1cc(CNC(C)C)ccc1OCCN1CCCC1. The Kier molecular flexibility index (Phi) is 6.33. The van der Waals surface area contributed by atoms with Crippen LogP contribution >= 0.6 is 0 Å². The second-order valence-corrected chi connectivity index (χ2v) is 5.92. The van der Waals surface area contributed by atoms with E-state index in [0.717, 1.165) is 31.2 Å². The van der Waals surface area contributed by atoms with E-state index in [2.05, 4.69) is 36.2 Å². The lowest BCUT2D eigenvalue weighted by Gasteiger charge is -2.17. The summed E-state index contributed by atoms with van der Waals surface area (Å²) in [5.41, 5.74) is 1.22. The van der Waals surface area contributed by atoms with Crippen molar-refractivity contribution < 1.29 is 9.47 Å². The Morgan fingerprint density at radius 3 is 2.62 bits per heavy atom. The van der Waals surface area contributed by atoms with E-state index in [4.69, 9.17) is 9.47 Å². The van der Waals surface area contributed by atoms with Crippen molar-refractivity contribution >= 4 is 0 Å². The number of nitrogens with one attached hydrogen (secondary N) is 1. The van der Waals surface area contributed by atoms with E-state index in [1.807, 2.05) is 6.07 Å². The average Bonchev–Trinajstić information content (AvgIpc) is 2.99. The quantitative estimate of drug-likeness (QED) is 0.799. The molecule has 1 aliphatic rings. The fourth-order valence-electron chi connectivity index (χ4n) is 2.55. The minimum Gasteiger partial charge on any atom is -0.493 e.